The molecule has 42 heavy (non-hydrogen) atoms. The normalized spacial score (nSPS) is 24.2. The van der Waals surface area contributed by atoms with Crippen LogP contribution in [0.4, 0.5) is 0 Å². The minimum Gasteiger partial charge on any atom is -0.496 e. The van der Waals surface area contributed by atoms with Gasteiger partial charge < -0.3 is 23.4 Å². The van der Waals surface area contributed by atoms with Crippen molar-refractivity contribution in [1.82, 2.24) is 0 Å². The molecule has 0 aromatic heterocycles. The SMILES string of the molecule is COc1c([C@H]2C[C@@H](OCc3ccccc3)[C@H](OCc3ccccc3)[C@@H](C)O2)ccc2c1C(O[Si](C)(C)C(C)(C)C)C2=O. The van der Waals surface area contributed by atoms with Crippen molar-refractivity contribution in [3.05, 3.63) is 101 Å². The Kier molecular flexibility index (Phi) is 9.07. The Balaban J connectivity index is 1.41. The summed E-state index contributed by atoms with van der Waals surface area (Å²) < 4.78 is 32.3. The van der Waals surface area contributed by atoms with Gasteiger partial charge in [-0.25, -0.2) is 0 Å². The molecule has 2 aliphatic rings. The van der Waals surface area contributed by atoms with E-state index in [9.17, 15) is 4.79 Å². The molecule has 0 bridgehead atoms. The van der Waals surface area contributed by atoms with Crippen LogP contribution in [-0.2, 0) is 31.9 Å². The van der Waals surface area contributed by atoms with E-state index in [1.54, 1.807) is 7.11 Å². The number of ketones is 1. The fourth-order valence-electron chi connectivity index (χ4n) is 5.54. The summed E-state index contributed by atoms with van der Waals surface area (Å²) in [4.78, 5) is 13.1. The number of methoxy groups -OCH3 is 1. The van der Waals surface area contributed by atoms with Crippen molar-refractivity contribution in [1.29, 1.82) is 0 Å². The molecule has 0 saturated carbocycles. The van der Waals surface area contributed by atoms with Gasteiger partial charge in [0.2, 0.25) is 0 Å². The summed E-state index contributed by atoms with van der Waals surface area (Å²) in [5, 5.41) is -0.0200. The third kappa shape index (κ3) is 6.26. The lowest BCUT2D eigenvalue weighted by Crippen LogP contribution is -2.47. The molecule has 3 aromatic carbocycles. The average molecular weight is 589 g/mol. The fraction of sp³-hybridized carbons (Fsp3) is 0.457. The Morgan fingerprint density at radius 2 is 1.48 bits per heavy atom. The second-order valence-electron chi connectivity index (χ2n) is 12.9. The van der Waals surface area contributed by atoms with Crippen LogP contribution >= 0.6 is 0 Å². The molecule has 0 radical (unpaired) electrons. The van der Waals surface area contributed by atoms with Crippen molar-refractivity contribution in [3.63, 3.8) is 0 Å². The summed E-state index contributed by atoms with van der Waals surface area (Å²) in [6, 6.07) is 24.2. The highest BCUT2D eigenvalue weighted by Gasteiger charge is 2.49. The molecule has 0 N–H and O–H groups in total. The molecular weight excluding hydrogens is 544 g/mol. The van der Waals surface area contributed by atoms with Gasteiger partial charge in [-0.05, 0) is 36.2 Å². The van der Waals surface area contributed by atoms with Crippen LogP contribution in [0.2, 0.25) is 18.1 Å². The molecule has 1 heterocycles. The van der Waals surface area contributed by atoms with Gasteiger partial charge in [0.15, 0.2) is 14.1 Å². The monoisotopic (exact) mass is 588 g/mol. The maximum atomic E-state index is 13.1. The highest BCUT2D eigenvalue weighted by Crippen LogP contribution is 2.51. The Labute approximate surface area is 251 Å². The topological polar surface area (TPSA) is 63.2 Å². The summed E-state index contributed by atoms with van der Waals surface area (Å²) >= 11 is 0. The van der Waals surface area contributed by atoms with E-state index in [2.05, 4.69) is 58.1 Å². The lowest BCUT2D eigenvalue weighted by Gasteiger charge is -2.43. The first-order valence-corrected chi connectivity index (χ1v) is 17.8. The minimum atomic E-state index is -2.20. The summed E-state index contributed by atoms with van der Waals surface area (Å²) in [6.45, 7) is 13.9. The summed E-state index contributed by atoms with van der Waals surface area (Å²) in [5.41, 5.74) is 4.64. The van der Waals surface area contributed by atoms with E-state index in [-0.39, 0.29) is 35.2 Å². The Morgan fingerprint density at radius 1 is 0.881 bits per heavy atom. The Hall–Kier alpha value is -2.81. The van der Waals surface area contributed by atoms with E-state index in [4.69, 9.17) is 23.4 Å². The molecule has 224 valence electrons. The molecule has 5 rings (SSSR count). The summed E-state index contributed by atoms with van der Waals surface area (Å²) in [5.74, 6) is 0.703. The van der Waals surface area contributed by atoms with Gasteiger partial charge in [-0.15, -0.1) is 0 Å². The number of fused-ring (bicyclic) bond motifs is 1. The Morgan fingerprint density at radius 3 is 2.05 bits per heavy atom. The second kappa shape index (κ2) is 12.4. The molecule has 3 aromatic rings. The van der Waals surface area contributed by atoms with Gasteiger partial charge in [-0.1, -0.05) is 93.6 Å². The first-order valence-electron chi connectivity index (χ1n) is 14.9. The number of benzene rings is 3. The molecule has 1 fully saturated rings. The minimum absolute atomic E-state index is 0.0200. The van der Waals surface area contributed by atoms with Crippen LogP contribution in [0, 0.1) is 0 Å². The molecule has 1 aliphatic heterocycles. The van der Waals surface area contributed by atoms with Gasteiger partial charge in [0.25, 0.3) is 0 Å². The quantitative estimate of drug-likeness (QED) is 0.224. The molecule has 1 aliphatic carbocycles. The van der Waals surface area contributed by atoms with Gasteiger partial charge in [-0.3, -0.25) is 4.79 Å². The molecular formula is C35H44O6Si. The van der Waals surface area contributed by atoms with Gasteiger partial charge in [-0.2, -0.15) is 0 Å². The van der Waals surface area contributed by atoms with E-state index in [0.717, 1.165) is 22.3 Å². The molecule has 1 saturated heterocycles. The number of hydrogen-bond donors (Lipinski definition) is 0. The van der Waals surface area contributed by atoms with E-state index in [1.807, 2.05) is 55.5 Å². The van der Waals surface area contributed by atoms with Crippen molar-refractivity contribution >= 4 is 14.1 Å². The van der Waals surface area contributed by atoms with Crippen LogP contribution in [0.3, 0.4) is 0 Å². The number of carbonyl (C=O) groups excluding carboxylic acids is 1. The zero-order valence-electron chi connectivity index (χ0n) is 25.9. The van der Waals surface area contributed by atoms with E-state index in [0.29, 0.717) is 30.9 Å². The molecule has 0 spiro atoms. The third-order valence-corrected chi connectivity index (χ3v) is 13.4. The largest absolute Gasteiger partial charge is 0.496 e. The van der Waals surface area contributed by atoms with Gasteiger partial charge in [0.05, 0.1) is 38.6 Å². The summed E-state index contributed by atoms with van der Waals surface area (Å²) in [6.07, 6.45) is -0.998. The smallest absolute Gasteiger partial charge is 0.195 e. The first-order chi connectivity index (χ1) is 20.0. The number of Topliss-reactive ketones (excluding diaryl/α,β-unsaturated/α-hetero) is 1. The van der Waals surface area contributed by atoms with Crippen LogP contribution in [-0.4, -0.2) is 39.5 Å². The lowest BCUT2D eigenvalue weighted by molar-refractivity contribution is -0.204. The van der Waals surface area contributed by atoms with Crippen molar-refractivity contribution < 1.29 is 28.2 Å². The van der Waals surface area contributed by atoms with Crippen LogP contribution in [0.5, 0.6) is 5.75 Å². The third-order valence-electron chi connectivity index (χ3n) is 9.01. The second-order valence-corrected chi connectivity index (χ2v) is 17.7. The maximum absolute atomic E-state index is 13.1. The average Bonchev–Trinajstić information content (AvgIpc) is 2.97. The van der Waals surface area contributed by atoms with Crippen LogP contribution in [0.15, 0.2) is 72.8 Å². The predicted molar refractivity (Wildman–Crippen MR) is 166 cm³/mol. The first kappa shape index (κ1) is 30.6. The lowest BCUT2D eigenvalue weighted by atomic mass is 9.80. The molecule has 6 nitrogen and oxygen atoms in total. The van der Waals surface area contributed by atoms with Crippen molar-refractivity contribution in [2.24, 2.45) is 0 Å². The highest BCUT2D eigenvalue weighted by atomic mass is 28.4. The Bertz CT molecular complexity index is 1370. The predicted octanol–water partition coefficient (Wildman–Crippen LogP) is 7.98. The maximum Gasteiger partial charge on any atom is 0.195 e. The van der Waals surface area contributed by atoms with Gasteiger partial charge in [0, 0.05) is 23.1 Å². The van der Waals surface area contributed by atoms with E-state index >= 15 is 0 Å². The molecule has 5 atom stereocenters. The van der Waals surface area contributed by atoms with Crippen LogP contribution in [0.1, 0.15) is 78.9 Å². The van der Waals surface area contributed by atoms with Gasteiger partial charge >= 0.3 is 0 Å². The molecule has 0 amide bonds. The van der Waals surface area contributed by atoms with Crippen LogP contribution in [0.25, 0.3) is 0 Å². The van der Waals surface area contributed by atoms with E-state index < -0.39 is 14.4 Å². The summed E-state index contributed by atoms with van der Waals surface area (Å²) in [7, 11) is -0.537. The highest BCUT2D eigenvalue weighted by molar-refractivity contribution is 6.74. The standard InChI is InChI=1S/C35H44O6Si/c1-23-32(39-22-25-16-12-9-13-17-25)29(38-21-24-14-10-8-11-15-24)20-28(40-23)26-18-19-27-30(33(26)37-5)34(31(27)36)41-42(6,7)35(2,3)4/h8-19,23,28-29,32,34H,20-22H2,1-7H3/t23-,28-,29-,32-,34?/m1/s1. The zero-order chi connectivity index (χ0) is 30.1. The fourth-order valence-corrected chi connectivity index (χ4v) is 6.71. The van der Waals surface area contributed by atoms with Crippen LogP contribution < -0.4 is 4.74 Å². The molecule has 7 heteroatoms. The van der Waals surface area contributed by atoms with Crippen molar-refractivity contribution in [2.75, 3.05) is 7.11 Å². The number of ether oxygens (including phenoxy) is 4. The van der Waals surface area contributed by atoms with Crippen molar-refractivity contribution in [2.45, 2.75) is 96.0 Å². The molecule has 1 unspecified atom stereocenters. The zero-order valence-corrected chi connectivity index (χ0v) is 26.9. The van der Waals surface area contributed by atoms with Gasteiger partial charge in [0.1, 0.15) is 18.0 Å². The van der Waals surface area contributed by atoms with E-state index in [1.165, 1.54) is 0 Å². The van der Waals surface area contributed by atoms with Crippen molar-refractivity contribution in [3.8, 4) is 5.75 Å². The number of carbonyl (C=O) groups is 1. The number of hydrogen-bond acceptors (Lipinski definition) is 6. The number of rotatable bonds is 10.